The van der Waals surface area contributed by atoms with Crippen LogP contribution in [0.4, 0.5) is 13.2 Å². The van der Waals surface area contributed by atoms with Crippen molar-refractivity contribution in [1.82, 2.24) is 9.62 Å². The van der Waals surface area contributed by atoms with Crippen molar-refractivity contribution in [2.45, 2.75) is 48.0 Å². The Labute approximate surface area is 188 Å². The zero-order valence-electron chi connectivity index (χ0n) is 17.2. The number of thiophene rings is 1. The van der Waals surface area contributed by atoms with E-state index in [0.29, 0.717) is 48.7 Å². The van der Waals surface area contributed by atoms with Crippen LogP contribution in [-0.2, 0) is 26.0 Å². The van der Waals surface area contributed by atoms with Gasteiger partial charge in [-0.3, -0.25) is 4.79 Å². The van der Waals surface area contributed by atoms with E-state index in [9.17, 15) is 26.4 Å². The second-order valence-electron chi connectivity index (χ2n) is 8.13. The number of nitrogens with one attached hydrogen (secondary N) is 1. The Bertz CT molecular complexity index is 1060. The number of piperidine rings is 1. The van der Waals surface area contributed by atoms with Crippen molar-refractivity contribution in [1.29, 1.82) is 0 Å². The number of sulfonamides is 1. The average Bonchev–Trinajstić information content (AvgIpc) is 3.41. The van der Waals surface area contributed by atoms with Crippen LogP contribution in [0.3, 0.4) is 0 Å². The van der Waals surface area contributed by atoms with Crippen LogP contribution in [0.1, 0.15) is 31.2 Å². The minimum atomic E-state index is -3.48. The molecule has 2 aliphatic rings. The molecule has 1 atom stereocenters. The third-order valence-electron chi connectivity index (χ3n) is 6.03. The second kappa shape index (κ2) is 9.12. The first-order chi connectivity index (χ1) is 15.2. The molecule has 0 radical (unpaired) electrons. The predicted molar refractivity (Wildman–Crippen MR) is 112 cm³/mol. The largest absolute Gasteiger partial charge is 0.370 e. The summed E-state index contributed by atoms with van der Waals surface area (Å²) >= 11 is 1.19. The van der Waals surface area contributed by atoms with E-state index in [1.165, 1.54) is 15.6 Å². The molecule has 11 heteroatoms. The second-order valence-corrected chi connectivity index (χ2v) is 11.2. The summed E-state index contributed by atoms with van der Waals surface area (Å²) in [6.45, 7) is 0.910. The van der Waals surface area contributed by atoms with Crippen LogP contribution in [0.5, 0.6) is 0 Å². The van der Waals surface area contributed by atoms with E-state index >= 15 is 0 Å². The fourth-order valence-electron chi connectivity index (χ4n) is 4.27. The van der Waals surface area contributed by atoms with Gasteiger partial charge in [0, 0.05) is 37.3 Å². The van der Waals surface area contributed by atoms with E-state index in [-0.39, 0.29) is 12.6 Å². The van der Waals surface area contributed by atoms with Crippen molar-refractivity contribution in [2.75, 3.05) is 19.6 Å². The summed E-state index contributed by atoms with van der Waals surface area (Å²) in [5.74, 6) is -3.82. The van der Waals surface area contributed by atoms with Gasteiger partial charge >= 0.3 is 0 Å². The van der Waals surface area contributed by atoms with Crippen molar-refractivity contribution >= 4 is 27.3 Å². The van der Waals surface area contributed by atoms with Gasteiger partial charge in [-0.1, -0.05) is 6.07 Å². The molecule has 1 aromatic heterocycles. The van der Waals surface area contributed by atoms with Gasteiger partial charge in [0.1, 0.15) is 21.7 Å². The van der Waals surface area contributed by atoms with Crippen molar-refractivity contribution < 1.29 is 31.1 Å². The normalized spacial score (nSPS) is 21.2. The number of ether oxygens (including phenoxy) is 1. The number of nitrogens with zero attached hydrogens (tertiary/aromatic N) is 1. The van der Waals surface area contributed by atoms with Crippen LogP contribution >= 0.6 is 11.3 Å². The molecule has 4 rings (SSSR count). The fraction of sp³-hybridized carbons (Fsp3) is 0.476. The highest BCUT2D eigenvalue weighted by Crippen LogP contribution is 2.40. The van der Waals surface area contributed by atoms with Crippen molar-refractivity contribution in [2.24, 2.45) is 0 Å². The summed E-state index contributed by atoms with van der Waals surface area (Å²) in [5.41, 5.74) is -0.904. The Morgan fingerprint density at radius 3 is 2.50 bits per heavy atom. The summed E-state index contributed by atoms with van der Waals surface area (Å²) in [6, 6.07) is 4.39. The molecule has 2 aromatic rings. The molecule has 1 spiro atoms. The molecule has 2 aliphatic heterocycles. The molecule has 32 heavy (non-hydrogen) atoms. The zero-order valence-corrected chi connectivity index (χ0v) is 18.8. The molecule has 1 amide bonds. The minimum absolute atomic E-state index is 0.183. The monoisotopic (exact) mass is 488 g/mol. The van der Waals surface area contributed by atoms with Crippen LogP contribution in [0, 0.1) is 17.5 Å². The first kappa shape index (κ1) is 23.2. The lowest BCUT2D eigenvalue weighted by Crippen LogP contribution is -2.47. The van der Waals surface area contributed by atoms with Crippen LogP contribution in [-0.4, -0.2) is 50.0 Å². The van der Waals surface area contributed by atoms with Gasteiger partial charge in [0.25, 0.3) is 10.0 Å². The van der Waals surface area contributed by atoms with Crippen LogP contribution < -0.4 is 5.32 Å². The number of hydrogen-bond donors (Lipinski definition) is 1. The molecule has 0 aliphatic carbocycles. The molecule has 0 saturated carbocycles. The van der Waals surface area contributed by atoms with Gasteiger partial charge in [-0.2, -0.15) is 4.31 Å². The summed E-state index contributed by atoms with van der Waals surface area (Å²) in [5, 5.41) is 4.35. The maximum atomic E-state index is 13.7. The Morgan fingerprint density at radius 1 is 1.19 bits per heavy atom. The maximum absolute atomic E-state index is 13.7. The van der Waals surface area contributed by atoms with Crippen LogP contribution in [0.15, 0.2) is 33.9 Å². The molecular weight excluding hydrogens is 465 g/mol. The number of amides is 1. The minimum Gasteiger partial charge on any atom is -0.370 e. The Hall–Kier alpha value is -1.95. The lowest BCUT2D eigenvalue weighted by molar-refractivity contribution is -0.122. The SMILES string of the molecule is O=C(Cc1c(F)cc(F)cc1F)NC[C@H]1CCC2(CCN(S(=O)(=O)c3cccs3)CC2)O1. The highest BCUT2D eigenvalue weighted by Gasteiger charge is 2.44. The molecule has 3 heterocycles. The topological polar surface area (TPSA) is 75.7 Å². The molecular formula is C21H23F3N2O4S2. The van der Waals surface area contributed by atoms with Crippen LogP contribution in [0.25, 0.3) is 0 Å². The molecule has 174 valence electrons. The Kier molecular flexibility index (Phi) is 6.62. The average molecular weight is 489 g/mol. The Morgan fingerprint density at radius 2 is 1.88 bits per heavy atom. The highest BCUT2D eigenvalue weighted by molar-refractivity contribution is 7.91. The smallest absolute Gasteiger partial charge is 0.252 e. The number of benzene rings is 1. The molecule has 2 fully saturated rings. The molecule has 1 aromatic carbocycles. The summed E-state index contributed by atoms with van der Waals surface area (Å²) in [4.78, 5) is 12.1. The van der Waals surface area contributed by atoms with E-state index in [1.807, 2.05) is 0 Å². The maximum Gasteiger partial charge on any atom is 0.252 e. The van der Waals surface area contributed by atoms with E-state index in [4.69, 9.17) is 4.74 Å². The van der Waals surface area contributed by atoms with Gasteiger partial charge in [-0.05, 0) is 37.1 Å². The molecule has 0 bridgehead atoms. The number of halogens is 3. The third-order valence-corrected chi connectivity index (χ3v) is 9.30. The van der Waals surface area contributed by atoms with Gasteiger partial charge in [-0.15, -0.1) is 11.3 Å². The molecule has 1 N–H and O–H groups in total. The molecule has 0 unspecified atom stereocenters. The number of hydrogen-bond acceptors (Lipinski definition) is 5. The first-order valence-corrected chi connectivity index (χ1v) is 12.6. The lowest BCUT2D eigenvalue weighted by Gasteiger charge is -2.38. The van der Waals surface area contributed by atoms with Crippen LogP contribution in [0.2, 0.25) is 0 Å². The predicted octanol–water partition coefficient (Wildman–Crippen LogP) is 3.23. The summed E-state index contributed by atoms with van der Waals surface area (Å²) < 4.78 is 73.8. The zero-order chi connectivity index (χ0) is 22.9. The summed E-state index contributed by atoms with van der Waals surface area (Å²) in [6.07, 6.45) is 1.77. The van der Waals surface area contributed by atoms with Gasteiger partial charge < -0.3 is 10.1 Å². The van der Waals surface area contributed by atoms with Gasteiger partial charge in [-0.25, -0.2) is 21.6 Å². The highest BCUT2D eigenvalue weighted by atomic mass is 32.2. The molecule has 6 nitrogen and oxygen atoms in total. The quantitative estimate of drug-likeness (QED) is 0.678. The first-order valence-electron chi connectivity index (χ1n) is 10.3. The van der Waals surface area contributed by atoms with Crippen molar-refractivity contribution in [3.63, 3.8) is 0 Å². The summed E-state index contributed by atoms with van der Waals surface area (Å²) in [7, 11) is -3.48. The number of carbonyl (C=O) groups is 1. The van der Waals surface area contributed by atoms with E-state index in [2.05, 4.69) is 5.32 Å². The Balaban J connectivity index is 1.27. The fourth-order valence-corrected chi connectivity index (χ4v) is 6.86. The van der Waals surface area contributed by atoms with Gasteiger partial charge in [0.15, 0.2) is 0 Å². The van der Waals surface area contributed by atoms with E-state index < -0.39 is 51.0 Å². The lowest BCUT2D eigenvalue weighted by atomic mass is 9.89. The van der Waals surface area contributed by atoms with E-state index in [0.717, 1.165) is 6.42 Å². The molecule has 2 saturated heterocycles. The third kappa shape index (κ3) is 4.85. The van der Waals surface area contributed by atoms with Gasteiger partial charge in [0.2, 0.25) is 5.91 Å². The number of rotatable bonds is 6. The van der Waals surface area contributed by atoms with Crippen molar-refractivity contribution in [3.8, 4) is 0 Å². The van der Waals surface area contributed by atoms with E-state index in [1.54, 1.807) is 17.5 Å². The number of carbonyl (C=O) groups excluding carboxylic acids is 1. The standard InChI is InChI=1S/C21H23F3N2O4S2/c22-14-10-17(23)16(18(24)11-14)12-19(27)25-13-15-3-4-21(30-15)5-7-26(8-6-21)32(28,29)20-2-1-9-31-20/h1-2,9-11,15H,3-8,12-13H2,(H,25,27)/t15-/m1/s1. The van der Waals surface area contributed by atoms with Gasteiger partial charge in [0.05, 0.1) is 18.1 Å². The van der Waals surface area contributed by atoms with Crippen molar-refractivity contribution in [3.05, 3.63) is 52.7 Å².